The third-order valence-corrected chi connectivity index (χ3v) is 5.67. The van der Waals surface area contributed by atoms with Crippen LogP contribution in [0.3, 0.4) is 0 Å². The lowest BCUT2D eigenvalue weighted by molar-refractivity contribution is -0.00576. The fourth-order valence-corrected chi connectivity index (χ4v) is 4.04. The average Bonchev–Trinajstić information content (AvgIpc) is 2.74. The Morgan fingerprint density at radius 2 is 1.79 bits per heavy atom. The van der Waals surface area contributed by atoms with E-state index in [0.717, 1.165) is 5.75 Å². The van der Waals surface area contributed by atoms with Gasteiger partial charge in [-0.2, -0.15) is 0 Å². The number of amides is 1. The molecule has 152 valence electrons. The molecule has 1 fully saturated rings. The Morgan fingerprint density at radius 3 is 2.45 bits per heavy atom. The summed E-state index contributed by atoms with van der Waals surface area (Å²) in [6.07, 6.45) is 1.60. The number of ether oxygens (including phenoxy) is 3. The summed E-state index contributed by atoms with van der Waals surface area (Å²) >= 11 is 0. The van der Waals surface area contributed by atoms with Crippen LogP contribution in [0, 0.1) is 0 Å². The van der Waals surface area contributed by atoms with Gasteiger partial charge in [-0.15, -0.1) is 0 Å². The molecule has 2 aliphatic rings. The molecule has 2 aromatic carbocycles. The lowest BCUT2D eigenvalue weighted by Gasteiger charge is -2.44. The van der Waals surface area contributed by atoms with E-state index in [0.29, 0.717) is 61.6 Å². The van der Waals surface area contributed by atoms with Crippen molar-refractivity contribution < 1.29 is 23.8 Å². The molecule has 0 bridgehead atoms. The Labute approximate surface area is 170 Å². The number of nitrogens with zero attached hydrogens (tertiary/aromatic N) is 1. The van der Waals surface area contributed by atoms with E-state index in [-0.39, 0.29) is 11.7 Å². The number of hydrogen-bond donors (Lipinski definition) is 0. The van der Waals surface area contributed by atoms with Crippen LogP contribution >= 0.6 is 0 Å². The van der Waals surface area contributed by atoms with E-state index in [4.69, 9.17) is 14.2 Å². The maximum atomic E-state index is 12.8. The van der Waals surface area contributed by atoms with E-state index < -0.39 is 5.60 Å². The Kier molecular flexibility index (Phi) is 5.18. The summed E-state index contributed by atoms with van der Waals surface area (Å²) in [5.41, 5.74) is 0.680. The van der Waals surface area contributed by atoms with Crippen molar-refractivity contribution in [1.29, 1.82) is 0 Å². The van der Waals surface area contributed by atoms with Crippen molar-refractivity contribution in [3.63, 3.8) is 0 Å². The van der Waals surface area contributed by atoms with Gasteiger partial charge in [0.15, 0.2) is 5.78 Å². The van der Waals surface area contributed by atoms with Gasteiger partial charge >= 0.3 is 0 Å². The molecule has 0 N–H and O–H groups in total. The number of rotatable bonds is 4. The highest BCUT2D eigenvalue weighted by Crippen LogP contribution is 2.40. The fourth-order valence-electron chi connectivity index (χ4n) is 4.04. The molecule has 0 radical (unpaired) electrons. The molecule has 0 aliphatic carbocycles. The number of likely N-dealkylation sites (tertiary alicyclic amines) is 1. The summed E-state index contributed by atoms with van der Waals surface area (Å²) in [5, 5.41) is 0. The van der Waals surface area contributed by atoms with Crippen molar-refractivity contribution in [2.45, 2.75) is 31.8 Å². The standard InChI is InChI=1S/C23H25NO5/c1-3-28-17-6-4-16(5-7-17)22(26)24-12-10-23(11-13-24)15-20(25)19-14-18(27-2)8-9-21(19)29-23/h4-9,14H,3,10-13,15H2,1-2H3. The highest BCUT2D eigenvalue weighted by atomic mass is 16.5. The van der Waals surface area contributed by atoms with E-state index >= 15 is 0 Å². The van der Waals surface area contributed by atoms with Crippen LogP contribution in [-0.2, 0) is 0 Å². The summed E-state index contributed by atoms with van der Waals surface area (Å²) in [5.74, 6) is 2.07. The zero-order valence-electron chi connectivity index (χ0n) is 16.8. The van der Waals surface area contributed by atoms with E-state index in [1.165, 1.54) is 0 Å². The van der Waals surface area contributed by atoms with Crippen LogP contribution in [-0.4, -0.2) is 49.0 Å². The quantitative estimate of drug-likeness (QED) is 0.789. The molecule has 29 heavy (non-hydrogen) atoms. The minimum atomic E-state index is -0.533. The second-order valence-corrected chi connectivity index (χ2v) is 7.50. The van der Waals surface area contributed by atoms with Crippen molar-refractivity contribution in [1.82, 2.24) is 4.90 Å². The van der Waals surface area contributed by atoms with Gasteiger partial charge in [-0.25, -0.2) is 0 Å². The molecule has 0 saturated carbocycles. The predicted molar refractivity (Wildman–Crippen MR) is 108 cm³/mol. The second-order valence-electron chi connectivity index (χ2n) is 7.50. The van der Waals surface area contributed by atoms with Crippen LogP contribution < -0.4 is 14.2 Å². The molecule has 2 aromatic rings. The number of hydrogen-bond acceptors (Lipinski definition) is 5. The van der Waals surface area contributed by atoms with Crippen LogP contribution in [0.15, 0.2) is 42.5 Å². The van der Waals surface area contributed by atoms with Crippen molar-refractivity contribution >= 4 is 11.7 Å². The Bertz CT molecular complexity index is 913. The predicted octanol–water partition coefficient (Wildman–Crippen LogP) is 3.73. The maximum absolute atomic E-state index is 12.8. The van der Waals surface area contributed by atoms with E-state index in [1.807, 2.05) is 24.0 Å². The molecule has 0 aromatic heterocycles. The highest BCUT2D eigenvalue weighted by molar-refractivity contribution is 6.01. The third-order valence-electron chi connectivity index (χ3n) is 5.67. The fraction of sp³-hybridized carbons (Fsp3) is 0.391. The molecule has 2 aliphatic heterocycles. The summed E-state index contributed by atoms with van der Waals surface area (Å²) in [6.45, 7) is 3.64. The monoisotopic (exact) mass is 395 g/mol. The molecule has 1 saturated heterocycles. The molecule has 2 heterocycles. The Hall–Kier alpha value is -3.02. The average molecular weight is 395 g/mol. The molecule has 6 nitrogen and oxygen atoms in total. The summed E-state index contributed by atoms with van der Waals surface area (Å²) in [6, 6.07) is 12.5. The van der Waals surface area contributed by atoms with Crippen LogP contribution in [0.1, 0.15) is 46.9 Å². The number of piperidine rings is 1. The molecule has 6 heteroatoms. The van der Waals surface area contributed by atoms with Gasteiger partial charge in [-0.05, 0) is 49.4 Å². The minimum absolute atomic E-state index is 0.00447. The van der Waals surface area contributed by atoms with Gasteiger partial charge in [0.1, 0.15) is 22.8 Å². The normalized spacial score (nSPS) is 17.4. The van der Waals surface area contributed by atoms with Crippen molar-refractivity contribution in [2.24, 2.45) is 0 Å². The number of methoxy groups -OCH3 is 1. The highest BCUT2D eigenvalue weighted by Gasteiger charge is 2.43. The second kappa shape index (κ2) is 7.78. The van der Waals surface area contributed by atoms with Gasteiger partial charge in [0.2, 0.25) is 0 Å². The van der Waals surface area contributed by atoms with Crippen LogP contribution in [0.5, 0.6) is 17.2 Å². The molecule has 1 amide bonds. The molecular formula is C23H25NO5. The number of ketones is 1. The van der Waals surface area contributed by atoms with Crippen molar-refractivity contribution in [3.8, 4) is 17.2 Å². The summed E-state index contributed by atoms with van der Waals surface area (Å²) in [7, 11) is 1.58. The molecule has 0 unspecified atom stereocenters. The maximum Gasteiger partial charge on any atom is 0.253 e. The van der Waals surface area contributed by atoms with E-state index in [2.05, 4.69) is 0 Å². The van der Waals surface area contributed by atoms with Crippen molar-refractivity contribution in [2.75, 3.05) is 26.8 Å². The molecular weight excluding hydrogens is 370 g/mol. The van der Waals surface area contributed by atoms with Crippen LogP contribution in [0.4, 0.5) is 0 Å². The first-order valence-electron chi connectivity index (χ1n) is 9.96. The number of Topliss-reactive ketones (excluding diaryl/α,β-unsaturated/α-hetero) is 1. The lowest BCUT2D eigenvalue weighted by atomic mass is 9.82. The zero-order chi connectivity index (χ0) is 20.4. The minimum Gasteiger partial charge on any atom is -0.497 e. The number of carbonyl (C=O) groups excluding carboxylic acids is 2. The Morgan fingerprint density at radius 1 is 1.10 bits per heavy atom. The van der Waals surface area contributed by atoms with Gasteiger partial charge in [-0.1, -0.05) is 0 Å². The van der Waals surface area contributed by atoms with Crippen molar-refractivity contribution in [3.05, 3.63) is 53.6 Å². The van der Waals surface area contributed by atoms with Gasteiger partial charge in [0.05, 0.1) is 25.7 Å². The Balaban J connectivity index is 1.43. The number of fused-ring (bicyclic) bond motifs is 1. The van der Waals surface area contributed by atoms with Gasteiger partial charge in [0.25, 0.3) is 5.91 Å². The topological polar surface area (TPSA) is 65.1 Å². The first kappa shape index (κ1) is 19.3. The van der Waals surface area contributed by atoms with E-state index in [9.17, 15) is 9.59 Å². The number of carbonyl (C=O) groups is 2. The summed E-state index contributed by atoms with van der Waals surface area (Å²) < 4.78 is 16.9. The molecule has 4 rings (SSSR count). The van der Waals surface area contributed by atoms with Crippen LogP contribution in [0.25, 0.3) is 0 Å². The lowest BCUT2D eigenvalue weighted by Crippen LogP contribution is -2.52. The first-order valence-corrected chi connectivity index (χ1v) is 9.96. The third kappa shape index (κ3) is 3.79. The first-order chi connectivity index (χ1) is 14.0. The smallest absolute Gasteiger partial charge is 0.253 e. The molecule has 1 spiro atoms. The number of benzene rings is 2. The van der Waals surface area contributed by atoms with E-state index in [1.54, 1.807) is 37.4 Å². The SMILES string of the molecule is CCOc1ccc(C(=O)N2CCC3(CC2)CC(=O)c2cc(OC)ccc2O3)cc1. The van der Waals surface area contributed by atoms with Gasteiger partial charge < -0.3 is 19.1 Å². The largest absolute Gasteiger partial charge is 0.497 e. The summed E-state index contributed by atoms with van der Waals surface area (Å²) in [4.78, 5) is 27.4. The molecule has 0 atom stereocenters. The van der Waals surface area contributed by atoms with Gasteiger partial charge in [0, 0.05) is 31.5 Å². The zero-order valence-corrected chi connectivity index (χ0v) is 16.8. The van der Waals surface area contributed by atoms with Crippen LogP contribution in [0.2, 0.25) is 0 Å². The van der Waals surface area contributed by atoms with Gasteiger partial charge in [-0.3, -0.25) is 9.59 Å².